The number of halogens is 1. The summed E-state index contributed by atoms with van der Waals surface area (Å²) in [6.45, 7) is 2.83. The van der Waals surface area contributed by atoms with Crippen molar-refractivity contribution < 1.29 is 9.18 Å². The third kappa shape index (κ3) is 5.33. The molecule has 7 heteroatoms. The third-order valence-corrected chi connectivity index (χ3v) is 4.27. The topological polar surface area (TPSA) is 71.0 Å². The molecule has 0 aliphatic carbocycles. The zero-order valence-corrected chi connectivity index (χ0v) is 15.9. The van der Waals surface area contributed by atoms with Gasteiger partial charge in [-0.05, 0) is 54.8 Å². The van der Waals surface area contributed by atoms with E-state index in [9.17, 15) is 9.18 Å². The number of pyridine rings is 1. The van der Waals surface area contributed by atoms with Crippen molar-refractivity contribution in [2.75, 3.05) is 18.9 Å². The van der Waals surface area contributed by atoms with Gasteiger partial charge >= 0.3 is 0 Å². The van der Waals surface area contributed by atoms with Crippen LogP contribution in [0.15, 0.2) is 54.9 Å². The summed E-state index contributed by atoms with van der Waals surface area (Å²) in [5, 5.41) is 3.09. The predicted octanol–water partition coefficient (Wildman–Crippen LogP) is 3.25. The molecule has 6 nitrogen and oxygen atoms in total. The van der Waals surface area contributed by atoms with Crippen LogP contribution in [0.3, 0.4) is 0 Å². The van der Waals surface area contributed by atoms with Gasteiger partial charge in [0.1, 0.15) is 11.5 Å². The first-order valence-corrected chi connectivity index (χ1v) is 8.99. The molecule has 0 bridgehead atoms. The summed E-state index contributed by atoms with van der Waals surface area (Å²) >= 11 is 0. The number of aryl methyl sites for hydroxylation is 1. The molecule has 0 spiro atoms. The zero-order chi connectivity index (χ0) is 19.9. The summed E-state index contributed by atoms with van der Waals surface area (Å²) in [4.78, 5) is 27.0. The minimum absolute atomic E-state index is 0.163. The molecule has 0 fully saturated rings. The molecule has 0 saturated carbocycles. The van der Waals surface area contributed by atoms with E-state index in [1.165, 1.54) is 12.1 Å². The van der Waals surface area contributed by atoms with Gasteiger partial charge in [-0.1, -0.05) is 12.1 Å². The number of anilines is 1. The summed E-state index contributed by atoms with van der Waals surface area (Å²) in [7, 11) is 1.76. The van der Waals surface area contributed by atoms with Crippen molar-refractivity contribution in [2.24, 2.45) is 0 Å². The molecule has 3 rings (SSSR count). The lowest BCUT2D eigenvalue weighted by atomic mass is 10.2. The minimum atomic E-state index is -0.279. The summed E-state index contributed by atoms with van der Waals surface area (Å²) in [5.41, 5.74) is 3.05. The maximum absolute atomic E-state index is 13.0. The molecular weight excluding hydrogens is 357 g/mol. The van der Waals surface area contributed by atoms with Crippen molar-refractivity contribution in [1.29, 1.82) is 0 Å². The fourth-order valence-electron chi connectivity index (χ4n) is 2.68. The largest absolute Gasteiger partial charge is 0.350 e. The van der Waals surface area contributed by atoms with Crippen LogP contribution in [-0.4, -0.2) is 39.4 Å². The number of carbonyl (C=O) groups is 1. The van der Waals surface area contributed by atoms with Crippen molar-refractivity contribution in [3.63, 3.8) is 0 Å². The maximum atomic E-state index is 13.0. The molecule has 144 valence electrons. The molecule has 0 aliphatic rings. The monoisotopic (exact) mass is 379 g/mol. The van der Waals surface area contributed by atoms with E-state index in [1.807, 2.05) is 19.1 Å². The van der Waals surface area contributed by atoms with Gasteiger partial charge in [-0.25, -0.2) is 14.4 Å². The Kier molecular flexibility index (Phi) is 6.26. The van der Waals surface area contributed by atoms with Crippen molar-refractivity contribution >= 4 is 11.9 Å². The van der Waals surface area contributed by atoms with Gasteiger partial charge in [0.25, 0.3) is 5.91 Å². The van der Waals surface area contributed by atoms with E-state index < -0.39 is 0 Å². The van der Waals surface area contributed by atoms with E-state index in [0.29, 0.717) is 30.4 Å². The smallest absolute Gasteiger partial charge is 0.272 e. The van der Waals surface area contributed by atoms with E-state index in [4.69, 9.17) is 0 Å². The molecule has 3 aromatic rings. The van der Waals surface area contributed by atoms with E-state index >= 15 is 0 Å². The number of hydrogen-bond acceptors (Lipinski definition) is 5. The lowest BCUT2D eigenvalue weighted by Crippen LogP contribution is -2.30. The van der Waals surface area contributed by atoms with Crippen LogP contribution >= 0.6 is 0 Å². The summed E-state index contributed by atoms with van der Waals surface area (Å²) in [6.07, 6.45) is 4.22. The van der Waals surface area contributed by atoms with E-state index in [-0.39, 0.29) is 11.7 Å². The normalized spacial score (nSPS) is 10.5. The highest BCUT2D eigenvalue weighted by atomic mass is 19.1. The standard InChI is InChI=1S/C21H22FN5O/c1-15-13-19(20(28)27(2)12-9-16-7-10-23-11-8-16)26-21(25-15)24-14-17-3-5-18(22)6-4-17/h3-8,10-11,13H,9,12,14H2,1-2H3,(H,24,25,26). The number of benzene rings is 1. The number of aromatic nitrogens is 3. The minimum Gasteiger partial charge on any atom is -0.350 e. The van der Waals surface area contributed by atoms with Gasteiger partial charge in [0.2, 0.25) is 5.95 Å². The second-order valence-electron chi connectivity index (χ2n) is 6.53. The van der Waals surface area contributed by atoms with Gasteiger partial charge in [0.05, 0.1) is 0 Å². The first kappa shape index (κ1) is 19.4. The molecule has 0 atom stereocenters. The molecule has 1 N–H and O–H groups in total. The van der Waals surface area contributed by atoms with Crippen molar-refractivity contribution in [1.82, 2.24) is 19.9 Å². The number of hydrogen-bond donors (Lipinski definition) is 1. The molecular formula is C21H22FN5O. The number of nitrogens with zero attached hydrogens (tertiary/aromatic N) is 4. The lowest BCUT2D eigenvalue weighted by Gasteiger charge is -2.17. The highest BCUT2D eigenvalue weighted by Gasteiger charge is 2.15. The number of carbonyl (C=O) groups excluding carboxylic acids is 1. The highest BCUT2D eigenvalue weighted by molar-refractivity contribution is 5.92. The molecule has 1 aromatic carbocycles. The van der Waals surface area contributed by atoms with Gasteiger partial charge in [-0.3, -0.25) is 9.78 Å². The molecule has 0 radical (unpaired) electrons. The summed E-state index contributed by atoms with van der Waals surface area (Å²) < 4.78 is 13.0. The summed E-state index contributed by atoms with van der Waals surface area (Å²) in [5.74, 6) is -0.0714. The van der Waals surface area contributed by atoms with Crippen molar-refractivity contribution in [2.45, 2.75) is 19.9 Å². The molecule has 2 heterocycles. The van der Waals surface area contributed by atoms with Crippen LogP contribution in [0.1, 0.15) is 27.3 Å². The fraction of sp³-hybridized carbons (Fsp3) is 0.238. The molecule has 0 saturated heterocycles. The second-order valence-corrected chi connectivity index (χ2v) is 6.53. The van der Waals surface area contributed by atoms with Crippen LogP contribution in [0.5, 0.6) is 0 Å². The average Bonchev–Trinajstić information content (AvgIpc) is 2.71. The Balaban J connectivity index is 1.64. The highest BCUT2D eigenvalue weighted by Crippen LogP contribution is 2.10. The van der Waals surface area contributed by atoms with Crippen LogP contribution < -0.4 is 5.32 Å². The molecule has 0 aliphatic heterocycles. The molecule has 28 heavy (non-hydrogen) atoms. The predicted molar refractivity (Wildman–Crippen MR) is 105 cm³/mol. The Morgan fingerprint density at radius 1 is 1.07 bits per heavy atom. The number of amides is 1. The van der Waals surface area contributed by atoms with Gasteiger partial charge in [0, 0.05) is 38.2 Å². The van der Waals surface area contributed by atoms with Crippen LogP contribution in [0.4, 0.5) is 10.3 Å². The Morgan fingerprint density at radius 3 is 2.50 bits per heavy atom. The van der Waals surface area contributed by atoms with Crippen molar-refractivity contribution in [3.8, 4) is 0 Å². The Morgan fingerprint density at radius 2 is 1.79 bits per heavy atom. The third-order valence-electron chi connectivity index (χ3n) is 4.27. The van der Waals surface area contributed by atoms with E-state index in [2.05, 4.69) is 20.3 Å². The molecule has 0 unspecified atom stereocenters. The Bertz CT molecular complexity index is 931. The number of likely N-dealkylation sites (N-methyl/N-ethyl adjacent to an activating group) is 1. The van der Waals surface area contributed by atoms with Crippen LogP contribution in [0.25, 0.3) is 0 Å². The number of nitrogens with one attached hydrogen (secondary N) is 1. The van der Waals surface area contributed by atoms with Crippen LogP contribution in [0.2, 0.25) is 0 Å². The first-order valence-electron chi connectivity index (χ1n) is 8.99. The average molecular weight is 379 g/mol. The van der Waals surface area contributed by atoms with Crippen LogP contribution in [-0.2, 0) is 13.0 Å². The second kappa shape index (κ2) is 9.03. The molecule has 2 aromatic heterocycles. The van der Waals surface area contributed by atoms with Gasteiger partial charge < -0.3 is 10.2 Å². The zero-order valence-electron chi connectivity index (χ0n) is 15.9. The van der Waals surface area contributed by atoms with E-state index in [0.717, 1.165) is 17.5 Å². The van der Waals surface area contributed by atoms with Gasteiger partial charge in [0.15, 0.2) is 0 Å². The Hall–Kier alpha value is -3.35. The SMILES string of the molecule is Cc1cc(C(=O)N(C)CCc2ccncc2)nc(NCc2ccc(F)cc2)n1. The Labute approximate surface area is 163 Å². The first-order chi connectivity index (χ1) is 13.5. The van der Waals surface area contributed by atoms with Gasteiger partial charge in [-0.15, -0.1) is 0 Å². The fourth-order valence-corrected chi connectivity index (χ4v) is 2.68. The maximum Gasteiger partial charge on any atom is 0.272 e. The summed E-state index contributed by atoms with van der Waals surface area (Å²) in [6, 6.07) is 11.7. The van der Waals surface area contributed by atoms with Crippen LogP contribution in [0, 0.1) is 12.7 Å². The van der Waals surface area contributed by atoms with Crippen molar-refractivity contribution in [3.05, 3.63) is 83.2 Å². The molecule has 1 amide bonds. The van der Waals surface area contributed by atoms with E-state index in [1.54, 1.807) is 42.5 Å². The number of rotatable bonds is 7. The van der Waals surface area contributed by atoms with Gasteiger partial charge in [-0.2, -0.15) is 0 Å². The lowest BCUT2D eigenvalue weighted by molar-refractivity contribution is 0.0790. The quantitative estimate of drug-likeness (QED) is 0.682.